The van der Waals surface area contributed by atoms with Crippen molar-refractivity contribution in [2.45, 2.75) is 44.6 Å². The summed E-state index contributed by atoms with van der Waals surface area (Å²) < 4.78 is 1.40. The summed E-state index contributed by atoms with van der Waals surface area (Å²) >= 11 is 0. The van der Waals surface area contributed by atoms with Crippen molar-refractivity contribution in [3.8, 4) is 0 Å². The van der Waals surface area contributed by atoms with Crippen LogP contribution in [0.4, 0.5) is 17.3 Å². The normalized spacial score (nSPS) is 14.6. The van der Waals surface area contributed by atoms with Crippen LogP contribution in [-0.4, -0.2) is 47.5 Å². The molecule has 0 saturated heterocycles. The van der Waals surface area contributed by atoms with Crippen molar-refractivity contribution < 1.29 is 9.59 Å². The third-order valence-electron chi connectivity index (χ3n) is 5.02. The van der Waals surface area contributed by atoms with Crippen LogP contribution in [0.15, 0.2) is 24.0 Å². The molecule has 31 heavy (non-hydrogen) atoms. The van der Waals surface area contributed by atoms with Crippen molar-refractivity contribution in [2.75, 3.05) is 11.5 Å². The number of aromatic nitrogens is 6. The Morgan fingerprint density at radius 1 is 0.935 bits per heavy atom. The van der Waals surface area contributed by atoms with Gasteiger partial charge in [-0.2, -0.15) is 0 Å². The van der Waals surface area contributed by atoms with E-state index < -0.39 is 0 Å². The zero-order valence-corrected chi connectivity index (χ0v) is 16.7. The van der Waals surface area contributed by atoms with Gasteiger partial charge in [0, 0.05) is 19.1 Å². The predicted octanol–water partition coefficient (Wildman–Crippen LogP) is 1.33. The summed E-state index contributed by atoms with van der Waals surface area (Å²) in [5.41, 5.74) is 13.5. The molecule has 4 heterocycles. The van der Waals surface area contributed by atoms with Gasteiger partial charge < -0.3 is 16.8 Å². The highest BCUT2D eigenvalue weighted by molar-refractivity contribution is 5.91. The minimum absolute atomic E-state index is 0.0836. The number of hydrogen-bond acceptors (Lipinski definition) is 10. The first-order valence-corrected chi connectivity index (χ1v) is 9.95. The van der Waals surface area contributed by atoms with Crippen LogP contribution in [0.2, 0.25) is 0 Å². The zero-order valence-electron chi connectivity index (χ0n) is 16.7. The summed E-state index contributed by atoms with van der Waals surface area (Å²) in [5.74, 6) is 0.365. The molecule has 0 aliphatic carbocycles. The van der Waals surface area contributed by atoms with Gasteiger partial charge in [-0.15, -0.1) is 0 Å². The summed E-state index contributed by atoms with van der Waals surface area (Å²) in [4.78, 5) is 48.9. The van der Waals surface area contributed by atoms with Crippen LogP contribution in [0.1, 0.15) is 55.1 Å². The summed E-state index contributed by atoms with van der Waals surface area (Å²) in [6.45, 7) is 0. The van der Waals surface area contributed by atoms with E-state index in [4.69, 9.17) is 11.5 Å². The Bertz CT molecular complexity index is 1160. The van der Waals surface area contributed by atoms with Crippen LogP contribution in [0.3, 0.4) is 0 Å². The smallest absolute Gasteiger partial charge is 0.233 e. The molecule has 4 rings (SSSR count). The van der Waals surface area contributed by atoms with E-state index in [-0.39, 0.29) is 23.7 Å². The molecule has 12 heteroatoms. The molecule has 0 fully saturated rings. The van der Waals surface area contributed by atoms with Crippen LogP contribution in [0.25, 0.3) is 11.2 Å². The number of carbonyl (C=O) groups is 2. The number of nitrogens with two attached hydrogens (primary N) is 2. The highest BCUT2D eigenvalue weighted by Gasteiger charge is 2.24. The van der Waals surface area contributed by atoms with E-state index in [2.05, 4.69) is 35.2 Å². The maximum atomic E-state index is 12.4. The molecule has 1 aliphatic heterocycles. The number of carbonyl (C=O) groups excluding carboxylic acids is 2. The minimum Gasteiger partial charge on any atom is -0.382 e. The lowest BCUT2D eigenvalue weighted by atomic mass is 10.1. The number of nitrogen functional groups attached to an aromatic ring is 2. The Balaban J connectivity index is 1.16. The summed E-state index contributed by atoms with van der Waals surface area (Å²) in [6, 6.07) is -0.381. The van der Waals surface area contributed by atoms with Crippen LogP contribution < -0.4 is 16.8 Å². The molecule has 3 aromatic heterocycles. The molecule has 1 atom stereocenters. The topological polar surface area (TPSA) is 180 Å². The molecule has 0 spiro atoms. The van der Waals surface area contributed by atoms with Crippen molar-refractivity contribution in [3.05, 3.63) is 24.7 Å². The van der Waals surface area contributed by atoms with Gasteiger partial charge >= 0.3 is 0 Å². The molecule has 0 bridgehead atoms. The standard InChI is InChI=1S/C19H22N10O2/c20-17-15-14(23-8-24-17)11(7-22-15)28-12(30)5-3-1-2-4-6-13(31)29-10-27-16-18(21)25-9-26-19(16)29/h7-11H,1-6H2,(H,28,30)(H2,20,23,24)(H2,21,25,26). The Labute approximate surface area is 177 Å². The molecule has 160 valence electrons. The van der Waals surface area contributed by atoms with Crippen molar-refractivity contribution in [2.24, 2.45) is 4.99 Å². The SMILES string of the molecule is Nc1ncnc2c1N=CC2NC(=O)CCCCCCC(=O)n1cnc2c(N)ncnc21. The lowest BCUT2D eigenvalue weighted by molar-refractivity contribution is -0.121. The second kappa shape index (κ2) is 8.81. The monoisotopic (exact) mass is 422 g/mol. The maximum absolute atomic E-state index is 12.4. The average Bonchev–Trinajstić information content (AvgIpc) is 3.37. The molecule has 0 aromatic carbocycles. The lowest BCUT2D eigenvalue weighted by Gasteiger charge is -2.11. The first-order valence-electron chi connectivity index (χ1n) is 9.95. The van der Waals surface area contributed by atoms with Gasteiger partial charge in [0.15, 0.2) is 22.8 Å². The second-order valence-electron chi connectivity index (χ2n) is 7.17. The van der Waals surface area contributed by atoms with Crippen molar-refractivity contribution in [3.63, 3.8) is 0 Å². The Kier molecular flexibility index (Phi) is 5.78. The van der Waals surface area contributed by atoms with E-state index in [9.17, 15) is 9.59 Å². The first kappa shape index (κ1) is 20.3. The van der Waals surface area contributed by atoms with E-state index >= 15 is 0 Å². The molecular formula is C19H22N10O2. The van der Waals surface area contributed by atoms with Gasteiger partial charge in [-0.1, -0.05) is 12.8 Å². The molecule has 1 amide bonds. The van der Waals surface area contributed by atoms with E-state index in [1.165, 1.54) is 23.5 Å². The Morgan fingerprint density at radius 2 is 1.68 bits per heavy atom. The van der Waals surface area contributed by atoms with Crippen LogP contribution in [0, 0.1) is 0 Å². The lowest BCUT2D eigenvalue weighted by Crippen LogP contribution is -2.28. The number of hydrogen-bond donors (Lipinski definition) is 3. The number of aliphatic imine (C=N–C) groups is 1. The Morgan fingerprint density at radius 3 is 2.52 bits per heavy atom. The Hall–Kier alpha value is -3.96. The van der Waals surface area contributed by atoms with Crippen molar-refractivity contribution >= 4 is 46.5 Å². The number of nitrogens with one attached hydrogen (secondary N) is 1. The largest absolute Gasteiger partial charge is 0.382 e. The fourth-order valence-electron chi connectivity index (χ4n) is 3.41. The van der Waals surface area contributed by atoms with Gasteiger partial charge in [-0.3, -0.25) is 19.1 Å². The number of nitrogens with zero attached hydrogens (tertiary/aromatic N) is 7. The molecule has 0 radical (unpaired) electrons. The van der Waals surface area contributed by atoms with E-state index in [1.807, 2.05) is 0 Å². The molecular weight excluding hydrogens is 400 g/mol. The van der Waals surface area contributed by atoms with Gasteiger partial charge in [0.2, 0.25) is 11.8 Å². The van der Waals surface area contributed by atoms with Crippen molar-refractivity contribution in [1.82, 2.24) is 34.8 Å². The second-order valence-corrected chi connectivity index (χ2v) is 7.17. The molecule has 12 nitrogen and oxygen atoms in total. The fourth-order valence-corrected chi connectivity index (χ4v) is 3.41. The predicted molar refractivity (Wildman–Crippen MR) is 114 cm³/mol. The number of fused-ring (bicyclic) bond motifs is 2. The zero-order chi connectivity index (χ0) is 21.8. The number of amides is 1. The summed E-state index contributed by atoms with van der Waals surface area (Å²) in [7, 11) is 0. The van der Waals surface area contributed by atoms with Gasteiger partial charge in [0.1, 0.15) is 30.7 Å². The van der Waals surface area contributed by atoms with Gasteiger partial charge in [-0.05, 0) is 12.8 Å². The maximum Gasteiger partial charge on any atom is 0.233 e. The summed E-state index contributed by atoms with van der Waals surface area (Å²) in [6.07, 6.45) is 9.55. The minimum atomic E-state index is -0.381. The fraction of sp³-hybridized carbons (Fsp3) is 0.368. The summed E-state index contributed by atoms with van der Waals surface area (Å²) in [5, 5.41) is 2.89. The van der Waals surface area contributed by atoms with E-state index in [0.29, 0.717) is 47.6 Å². The third kappa shape index (κ3) is 4.32. The average molecular weight is 422 g/mol. The highest BCUT2D eigenvalue weighted by atomic mass is 16.2. The van der Waals surface area contributed by atoms with Crippen molar-refractivity contribution in [1.29, 1.82) is 0 Å². The molecule has 1 aliphatic rings. The third-order valence-corrected chi connectivity index (χ3v) is 5.02. The van der Waals surface area contributed by atoms with Crippen LogP contribution in [0.5, 0.6) is 0 Å². The van der Waals surface area contributed by atoms with Gasteiger partial charge in [-0.25, -0.2) is 24.9 Å². The number of imidazole rings is 1. The number of rotatable bonds is 8. The van der Waals surface area contributed by atoms with E-state index in [1.54, 1.807) is 6.21 Å². The number of anilines is 2. The first-order chi connectivity index (χ1) is 15.0. The molecule has 0 saturated carbocycles. The quantitative estimate of drug-likeness (QED) is 0.451. The molecule has 1 unspecified atom stereocenters. The molecule has 5 N–H and O–H groups in total. The van der Waals surface area contributed by atoms with E-state index in [0.717, 1.165) is 19.3 Å². The molecule has 3 aromatic rings. The van der Waals surface area contributed by atoms with Crippen LogP contribution in [-0.2, 0) is 4.79 Å². The number of unbranched alkanes of at least 4 members (excludes halogenated alkanes) is 3. The van der Waals surface area contributed by atoms with Gasteiger partial charge in [0.25, 0.3) is 0 Å². The highest BCUT2D eigenvalue weighted by Crippen LogP contribution is 2.32. The van der Waals surface area contributed by atoms with Gasteiger partial charge in [0.05, 0.1) is 5.69 Å². The van der Waals surface area contributed by atoms with Crippen LogP contribution >= 0.6 is 0 Å².